The molecule has 2 saturated heterocycles. The number of nitrogen functional groups attached to an aromatic ring is 1. The third-order valence-corrected chi connectivity index (χ3v) is 4.16. The van der Waals surface area contributed by atoms with Crippen LogP contribution >= 0.6 is 0 Å². The topological polar surface area (TPSA) is 91.4 Å². The van der Waals surface area contributed by atoms with Crippen LogP contribution in [0.1, 0.15) is 26.2 Å². The summed E-state index contributed by atoms with van der Waals surface area (Å²) in [6, 6.07) is 0. The van der Waals surface area contributed by atoms with Crippen molar-refractivity contribution in [1.82, 2.24) is 15.0 Å². The number of rotatable bonds is 2. The summed E-state index contributed by atoms with van der Waals surface area (Å²) < 4.78 is 0. The maximum absolute atomic E-state index is 9.81. The Morgan fingerprint density at radius 1 is 1.05 bits per heavy atom. The van der Waals surface area contributed by atoms with Gasteiger partial charge in [-0.2, -0.15) is 15.0 Å². The minimum atomic E-state index is -0.233. The maximum Gasteiger partial charge on any atom is 0.231 e. The first-order chi connectivity index (χ1) is 9.63. The lowest BCUT2D eigenvalue weighted by atomic mass is 9.97. The van der Waals surface area contributed by atoms with E-state index in [9.17, 15) is 5.11 Å². The Hall–Kier alpha value is -1.63. The summed E-state index contributed by atoms with van der Waals surface area (Å²) in [7, 11) is 0. The van der Waals surface area contributed by atoms with Crippen molar-refractivity contribution in [3.05, 3.63) is 0 Å². The van der Waals surface area contributed by atoms with Gasteiger partial charge in [0.2, 0.25) is 17.8 Å². The molecule has 1 aromatic heterocycles. The van der Waals surface area contributed by atoms with E-state index in [1.807, 2.05) is 6.92 Å². The Kier molecular flexibility index (Phi) is 3.60. The molecular weight excluding hydrogens is 256 g/mol. The van der Waals surface area contributed by atoms with Gasteiger partial charge in [0.15, 0.2) is 0 Å². The third kappa shape index (κ3) is 2.63. The molecule has 2 unspecified atom stereocenters. The fraction of sp³-hybridized carbons (Fsp3) is 0.769. The number of nitrogens with two attached hydrogens (primary N) is 1. The minimum Gasteiger partial charge on any atom is -0.393 e. The quantitative estimate of drug-likeness (QED) is 0.801. The average Bonchev–Trinajstić information content (AvgIpc) is 2.95. The molecule has 110 valence electrons. The first-order valence-corrected chi connectivity index (χ1v) is 7.33. The van der Waals surface area contributed by atoms with Gasteiger partial charge in [-0.1, -0.05) is 6.92 Å². The predicted octanol–water partition coefficient (Wildman–Crippen LogP) is 0.261. The van der Waals surface area contributed by atoms with Gasteiger partial charge in [0.05, 0.1) is 6.10 Å². The number of piperidine rings is 1. The van der Waals surface area contributed by atoms with Crippen LogP contribution in [0.3, 0.4) is 0 Å². The lowest BCUT2D eigenvalue weighted by molar-refractivity contribution is 0.0966. The number of anilines is 3. The summed E-state index contributed by atoms with van der Waals surface area (Å²) in [5.74, 6) is 1.81. The Morgan fingerprint density at radius 2 is 1.70 bits per heavy atom. The second kappa shape index (κ2) is 5.40. The molecule has 0 bridgehead atoms. The van der Waals surface area contributed by atoms with Crippen molar-refractivity contribution >= 4 is 17.8 Å². The predicted molar refractivity (Wildman–Crippen MR) is 77.7 cm³/mol. The molecule has 2 aliphatic heterocycles. The zero-order valence-electron chi connectivity index (χ0n) is 11.9. The third-order valence-electron chi connectivity index (χ3n) is 4.16. The molecule has 0 aromatic carbocycles. The van der Waals surface area contributed by atoms with Crippen LogP contribution in [0.4, 0.5) is 17.8 Å². The summed E-state index contributed by atoms with van der Waals surface area (Å²) in [5, 5.41) is 9.81. The zero-order chi connectivity index (χ0) is 14.1. The lowest BCUT2D eigenvalue weighted by Crippen LogP contribution is -2.43. The van der Waals surface area contributed by atoms with Crippen molar-refractivity contribution in [2.24, 2.45) is 5.92 Å². The number of hydrogen-bond acceptors (Lipinski definition) is 7. The van der Waals surface area contributed by atoms with Gasteiger partial charge in [-0.3, -0.25) is 0 Å². The molecule has 7 heteroatoms. The highest BCUT2D eigenvalue weighted by Gasteiger charge is 2.27. The first kappa shape index (κ1) is 13.4. The van der Waals surface area contributed by atoms with Gasteiger partial charge in [-0.25, -0.2) is 0 Å². The molecule has 3 N–H and O–H groups in total. The highest BCUT2D eigenvalue weighted by atomic mass is 16.3. The summed E-state index contributed by atoms with van der Waals surface area (Å²) in [6.45, 7) is 5.53. The van der Waals surface area contributed by atoms with Crippen molar-refractivity contribution in [3.63, 3.8) is 0 Å². The maximum atomic E-state index is 9.81. The number of hydrogen-bond donors (Lipinski definition) is 2. The van der Waals surface area contributed by atoms with Crippen molar-refractivity contribution in [2.75, 3.05) is 41.7 Å². The summed E-state index contributed by atoms with van der Waals surface area (Å²) in [6.07, 6.45) is 2.86. The zero-order valence-corrected chi connectivity index (χ0v) is 11.9. The van der Waals surface area contributed by atoms with Crippen LogP contribution in [0.15, 0.2) is 0 Å². The fourth-order valence-electron chi connectivity index (χ4n) is 2.88. The number of aromatic nitrogens is 3. The SMILES string of the molecule is CC1CN(c2nc(N)nc(N3CCCC3)n2)CCC1O. The van der Waals surface area contributed by atoms with E-state index in [1.165, 1.54) is 12.8 Å². The van der Waals surface area contributed by atoms with E-state index in [4.69, 9.17) is 5.73 Å². The van der Waals surface area contributed by atoms with E-state index in [2.05, 4.69) is 24.8 Å². The molecule has 2 fully saturated rings. The van der Waals surface area contributed by atoms with Crippen molar-refractivity contribution < 1.29 is 5.11 Å². The Labute approximate surface area is 118 Å². The standard InChI is InChI=1S/C13H22N6O/c1-9-8-19(7-4-10(9)20)13-16-11(14)15-12(17-13)18-5-2-3-6-18/h9-10,20H,2-8H2,1H3,(H2,14,15,16,17). The monoisotopic (exact) mass is 278 g/mol. The fourth-order valence-corrected chi connectivity index (χ4v) is 2.88. The first-order valence-electron chi connectivity index (χ1n) is 7.33. The average molecular weight is 278 g/mol. The van der Waals surface area contributed by atoms with E-state index < -0.39 is 0 Å². The molecule has 3 rings (SSSR count). The highest BCUT2D eigenvalue weighted by molar-refractivity contribution is 5.44. The highest BCUT2D eigenvalue weighted by Crippen LogP contribution is 2.23. The van der Waals surface area contributed by atoms with E-state index in [0.29, 0.717) is 11.9 Å². The van der Waals surface area contributed by atoms with Gasteiger partial charge in [0, 0.05) is 26.2 Å². The molecule has 0 spiro atoms. The normalized spacial score (nSPS) is 27.1. The molecule has 0 radical (unpaired) electrons. The van der Waals surface area contributed by atoms with Crippen LogP contribution in [0.25, 0.3) is 0 Å². The Bertz CT molecular complexity index is 476. The van der Waals surface area contributed by atoms with Crippen LogP contribution in [0.2, 0.25) is 0 Å². The molecule has 2 aliphatic rings. The van der Waals surface area contributed by atoms with Gasteiger partial charge in [0.1, 0.15) is 0 Å². The largest absolute Gasteiger partial charge is 0.393 e. The Morgan fingerprint density at radius 3 is 2.35 bits per heavy atom. The van der Waals surface area contributed by atoms with E-state index in [1.54, 1.807) is 0 Å². The van der Waals surface area contributed by atoms with Crippen LogP contribution in [-0.4, -0.2) is 52.3 Å². The van der Waals surface area contributed by atoms with Crippen molar-refractivity contribution in [3.8, 4) is 0 Å². The van der Waals surface area contributed by atoms with Crippen LogP contribution in [-0.2, 0) is 0 Å². The summed E-state index contributed by atoms with van der Waals surface area (Å²) >= 11 is 0. The van der Waals surface area contributed by atoms with Gasteiger partial charge in [-0.15, -0.1) is 0 Å². The van der Waals surface area contributed by atoms with Crippen molar-refractivity contribution in [1.29, 1.82) is 0 Å². The molecule has 0 saturated carbocycles. The molecule has 1 aromatic rings. The van der Waals surface area contributed by atoms with Gasteiger partial charge in [-0.05, 0) is 25.2 Å². The minimum absolute atomic E-state index is 0.219. The second-order valence-corrected chi connectivity index (χ2v) is 5.77. The second-order valence-electron chi connectivity index (χ2n) is 5.77. The molecule has 0 aliphatic carbocycles. The van der Waals surface area contributed by atoms with Gasteiger partial charge >= 0.3 is 0 Å². The lowest BCUT2D eigenvalue weighted by Gasteiger charge is -2.34. The number of nitrogens with zero attached hydrogens (tertiary/aromatic N) is 5. The van der Waals surface area contributed by atoms with Crippen LogP contribution in [0, 0.1) is 5.92 Å². The summed E-state index contributed by atoms with van der Waals surface area (Å²) in [4.78, 5) is 17.3. The Balaban J connectivity index is 1.82. The van der Waals surface area contributed by atoms with E-state index in [-0.39, 0.29) is 18.0 Å². The van der Waals surface area contributed by atoms with Crippen molar-refractivity contribution in [2.45, 2.75) is 32.3 Å². The molecular formula is C13H22N6O. The van der Waals surface area contributed by atoms with Crippen LogP contribution in [0.5, 0.6) is 0 Å². The summed E-state index contributed by atoms with van der Waals surface area (Å²) in [5.41, 5.74) is 5.83. The molecule has 20 heavy (non-hydrogen) atoms. The number of aliphatic hydroxyl groups excluding tert-OH is 1. The van der Waals surface area contributed by atoms with Gasteiger partial charge < -0.3 is 20.6 Å². The number of aliphatic hydroxyl groups is 1. The van der Waals surface area contributed by atoms with Gasteiger partial charge in [0.25, 0.3) is 0 Å². The molecule has 2 atom stereocenters. The van der Waals surface area contributed by atoms with E-state index in [0.717, 1.165) is 32.6 Å². The molecule has 7 nitrogen and oxygen atoms in total. The van der Waals surface area contributed by atoms with E-state index >= 15 is 0 Å². The molecule has 0 amide bonds. The van der Waals surface area contributed by atoms with Crippen LogP contribution < -0.4 is 15.5 Å². The molecule has 3 heterocycles. The smallest absolute Gasteiger partial charge is 0.231 e.